The Morgan fingerprint density at radius 1 is 1.00 bits per heavy atom. The topological polar surface area (TPSA) is 102 Å². The number of carbonyl (C=O) groups is 2. The number of anilines is 2. The molecule has 0 aliphatic carbocycles. The molecule has 0 fully saturated rings. The summed E-state index contributed by atoms with van der Waals surface area (Å²) in [6, 6.07) is 13.3. The van der Waals surface area contributed by atoms with Crippen molar-refractivity contribution < 1.29 is 22.7 Å². The van der Waals surface area contributed by atoms with Gasteiger partial charge in [0.05, 0.1) is 17.1 Å². The Bertz CT molecular complexity index is 1270. The number of sulfonamides is 1. The zero-order chi connectivity index (χ0) is 23.5. The maximum atomic E-state index is 13.2. The van der Waals surface area contributed by atoms with Crippen LogP contribution >= 0.6 is 11.3 Å². The molecule has 7 nitrogen and oxygen atoms in total. The maximum absolute atomic E-state index is 13.2. The lowest BCUT2D eigenvalue weighted by atomic mass is 10.1. The van der Waals surface area contributed by atoms with E-state index in [0.29, 0.717) is 11.3 Å². The molecule has 9 heteroatoms. The first-order valence-electron chi connectivity index (χ1n) is 9.91. The Morgan fingerprint density at radius 3 is 2.31 bits per heavy atom. The van der Waals surface area contributed by atoms with Crippen LogP contribution in [-0.4, -0.2) is 26.9 Å². The zero-order valence-corrected chi connectivity index (χ0v) is 19.8. The highest BCUT2D eigenvalue weighted by Gasteiger charge is 2.28. The van der Waals surface area contributed by atoms with Crippen LogP contribution in [0.3, 0.4) is 0 Å². The second kappa shape index (κ2) is 9.54. The molecule has 2 aromatic carbocycles. The summed E-state index contributed by atoms with van der Waals surface area (Å²) in [5.74, 6) is -1.14. The standard InChI is InChI=1S/C23H24N2O5S2/c1-5-30-23(27)20-16(4)19(21(26)24-17-12-11-14(2)15(3)13-17)22(31-20)25-32(28,29)18-9-7-6-8-10-18/h6-13,25H,5H2,1-4H3,(H,24,26). The number of hydrogen-bond acceptors (Lipinski definition) is 6. The van der Waals surface area contributed by atoms with Gasteiger partial charge in [0.25, 0.3) is 15.9 Å². The minimum atomic E-state index is -3.97. The van der Waals surface area contributed by atoms with Gasteiger partial charge in [-0.05, 0) is 68.7 Å². The molecule has 0 saturated carbocycles. The first-order chi connectivity index (χ1) is 15.1. The summed E-state index contributed by atoms with van der Waals surface area (Å²) in [6.07, 6.45) is 0. The first-order valence-corrected chi connectivity index (χ1v) is 12.2. The van der Waals surface area contributed by atoms with Gasteiger partial charge in [-0.15, -0.1) is 11.3 Å². The van der Waals surface area contributed by atoms with Crippen LogP contribution in [0.4, 0.5) is 10.7 Å². The van der Waals surface area contributed by atoms with Crippen LogP contribution in [0.2, 0.25) is 0 Å². The Morgan fingerprint density at radius 2 is 1.69 bits per heavy atom. The van der Waals surface area contributed by atoms with Crippen LogP contribution in [0.5, 0.6) is 0 Å². The predicted octanol–water partition coefficient (Wildman–Crippen LogP) is 4.90. The highest BCUT2D eigenvalue weighted by Crippen LogP contribution is 2.36. The third-order valence-corrected chi connectivity index (χ3v) is 7.56. The fourth-order valence-corrected chi connectivity index (χ4v) is 5.47. The number of benzene rings is 2. The van der Waals surface area contributed by atoms with E-state index < -0.39 is 21.9 Å². The van der Waals surface area contributed by atoms with Gasteiger partial charge >= 0.3 is 5.97 Å². The molecule has 0 radical (unpaired) electrons. The summed E-state index contributed by atoms with van der Waals surface area (Å²) in [5.41, 5.74) is 3.08. The quantitative estimate of drug-likeness (QED) is 0.476. The fourth-order valence-electron chi connectivity index (χ4n) is 3.04. The summed E-state index contributed by atoms with van der Waals surface area (Å²) >= 11 is 0.875. The molecule has 0 atom stereocenters. The molecule has 168 valence electrons. The molecule has 0 unspecified atom stereocenters. The van der Waals surface area contributed by atoms with Gasteiger partial charge in [-0.25, -0.2) is 13.2 Å². The van der Waals surface area contributed by atoms with E-state index in [-0.39, 0.29) is 26.9 Å². The summed E-state index contributed by atoms with van der Waals surface area (Å²) in [6.45, 7) is 7.32. The zero-order valence-electron chi connectivity index (χ0n) is 18.2. The van der Waals surface area contributed by atoms with Crippen LogP contribution in [0.1, 0.15) is 43.6 Å². The Kier molecular flexibility index (Phi) is 7.00. The highest BCUT2D eigenvalue weighted by atomic mass is 32.2. The molecule has 1 aromatic heterocycles. The molecule has 1 heterocycles. The molecule has 0 aliphatic heterocycles. The number of thiophene rings is 1. The number of amides is 1. The van der Waals surface area contributed by atoms with Crippen molar-refractivity contribution in [3.05, 3.63) is 75.7 Å². The molecule has 2 N–H and O–H groups in total. The van der Waals surface area contributed by atoms with Crippen LogP contribution in [0, 0.1) is 20.8 Å². The normalized spacial score (nSPS) is 11.1. The second-order valence-corrected chi connectivity index (χ2v) is 9.86. The number of rotatable bonds is 7. The van der Waals surface area contributed by atoms with Gasteiger partial charge in [-0.1, -0.05) is 24.3 Å². The first kappa shape index (κ1) is 23.5. The van der Waals surface area contributed by atoms with Crippen molar-refractivity contribution in [2.45, 2.75) is 32.6 Å². The van der Waals surface area contributed by atoms with Gasteiger partial charge in [-0.3, -0.25) is 9.52 Å². The van der Waals surface area contributed by atoms with Gasteiger partial charge in [0.1, 0.15) is 9.88 Å². The van der Waals surface area contributed by atoms with Gasteiger partial charge in [0, 0.05) is 5.69 Å². The lowest BCUT2D eigenvalue weighted by Gasteiger charge is -2.11. The third-order valence-electron chi connectivity index (χ3n) is 4.88. The average Bonchev–Trinajstić information content (AvgIpc) is 3.07. The van der Waals surface area contributed by atoms with E-state index in [1.54, 1.807) is 38.1 Å². The van der Waals surface area contributed by atoms with Crippen molar-refractivity contribution in [3.8, 4) is 0 Å². The molecular weight excluding hydrogens is 448 g/mol. The summed E-state index contributed by atoms with van der Waals surface area (Å²) in [7, 11) is -3.97. The molecule has 0 spiro atoms. The van der Waals surface area contributed by atoms with E-state index in [0.717, 1.165) is 22.5 Å². The van der Waals surface area contributed by atoms with Gasteiger partial charge < -0.3 is 10.1 Å². The SMILES string of the molecule is CCOC(=O)c1sc(NS(=O)(=O)c2ccccc2)c(C(=O)Nc2ccc(C)c(C)c2)c1C. The monoisotopic (exact) mass is 472 g/mol. The number of nitrogens with one attached hydrogen (secondary N) is 2. The molecule has 32 heavy (non-hydrogen) atoms. The predicted molar refractivity (Wildman–Crippen MR) is 126 cm³/mol. The van der Waals surface area contributed by atoms with Gasteiger partial charge in [0.2, 0.25) is 0 Å². The summed E-state index contributed by atoms with van der Waals surface area (Å²) in [5, 5.41) is 2.85. The third kappa shape index (κ3) is 5.00. The van der Waals surface area contributed by atoms with Crippen molar-refractivity contribution >= 4 is 43.9 Å². The van der Waals surface area contributed by atoms with Crippen LogP contribution < -0.4 is 10.0 Å². The van der Waals surface area contributed by atoms with Gasteiger partial charge in [0.15, 0.2) is 0 Å². The van der Waals surface area contributed by atoms with E-state index >= 15 is 0 Å². The van der Waals surface area contributed by atoms with Gasteiger partial charge in [-0.2, -0.15) is 0 Å². The number of ether oxygens (including phenoxy) is 1. The number of esters is 1. The molecule has 0 aliphatic rings. The number of carbonyl (C=O) groups excluding carboxylic acids is 2. The smallest absolute Gasteiger partial charge is 0.348 e. The van der Waals surface area contributed by atoms with Crippen molar-refractivity contribution in [2.24, 2.45) is 0 Å². The van der Waals surface area contributed by atoms with E-state index in [1.165, 1.54) is 12.1 Å². The summed E-state index contributed by atoms with van der Waals surface area (Å²) in [4.78, 5) is 25.8. The average molecular weight is 473 g/mol. The van der Waals surface area contributed by atoms with Crippen molar-refractivity contribution in [1.29, 1.82) is 0 Å². The minimum absolute atomic E-state index is 0.0456. The Balaban J connectivity index is 2.03. The van der Waals surface area contributed by atoms with Crippen LogP contribution in [0.15, 0.2) is 53.4 Å². The molecule has 3 rings (SSSR count). The molecule has 0 bridgehead atoms. The highest BCUT2D eigenvalue weighted by molar-refractivity contribution is 7.93. The molecular formula is C23H24N2O5S2. The second-order valence-electron chi connectivity index (χ2n) is 7.15. The van der Waals surface area contributed by atoms with E-state index in [4.69, 9.17) is 4.74 Å². The van der Waals surface area contributed by atoms with Crippen molar-refractivity contribution in [1.82, 2.24) is 0 Å². The van der Waals surface area contributed by atoms with Crippen molar-refractivity contribution in [2.75, 3.05) is 16.6 Å². The molecule has 1 amide bonds. The largest absolute Gasteiger partial charge is 0.462 e. The lowest BCUT2D eigenvalue weighted by molar-refractivity contribution is 0.0531. The van der Waals surface area contributed by atoms with Crippen LogP contribution in [-0.2, 0) is 14.8 Å². The van der Waals surface area contributed by atoms with E-state index in [9.17, 15) is 18.0 Å². The molecule has 0 saturated heterocycles. The Hall–Kier alpha value is -3.17. The fraction of sp³-hybridized carbons (Fsp3) is 0.217. The van der Waals surface area contributed by atoms with E-state index in [1.807, 2.05) is 26.0 Å². The number of hydrogen-bond donors (Lipinski definition) is 2. The Labute approximate surface area is 191 Å². The van der Waals surface area contributed by atoms with E-state index in [2.05, 4.69) is 10.0 Å². The minimum Gasteiger partial charge on any atom is -0.462 e. The van der Waals surface area contributed by atoms with Crippen LogP contribution in [0.25, 0.3) is 0 Å². The van der Waals surface area contributed by atoms with Crippen molar-refractivity contribution in [3.63, 3.8) is 0 Å². The number of aryl methyl sites for hydroxylation is 2. The lowest BCUT2D eigenvalue weighted by Crippen LogP contribution is -2.18. The molecule has 3 aromatic rings. The maximum Gasteiger partial charge on any atom is 0.348 e. The summed E-state index contributed by atoms with van der Waals surface area (Å²) < 4.78 is 33.3.